The summed E-state index contributed by atoms with van der Waals surface area (Å²) in [7, 11) is 0. The number of nitrogens with one attached hydrogen (secondary N) is 1. The summed E-state index contributed by atoms with van der Waals surface area (Å²) < 4.78 is 14.9. The second-order valence-electron chi connectivity index (χ2n) is 11.0. The fraction of sp³-hybridized carbons (Fsp3) is 0.350. The molecule has 0 saturated heterocycles. The molecule has 0 unspecified atom stereocenters. The van der Waals surface area contributed by atoms with E-state index >= 15 is 0 Å². The third kappa shape index (κ3) is 2.41. The third-order valence-electron chi connectivity index (χ3n) is 7.75. The molecule has 1 aromatic carbocycles. The molecule has 0 bridgehead atoms. The summed E-state index contributed by atoms with van der Waals surface area (Å²) >= 11 is -4.42. The van der Waals surface area contributed by atoms with E-state index in [1.807, 2.05) is 0 Å². The van der Waals surface area contributed by atoms with Crippen LogP contribution in [-0.2, 0) is 15.3 Å². The Labute approximate surface area is 152 Å². The summed E-state index contributed by atoms with van der Waals surface area (Å²) in [6.45, 7) is 4.68. The number of benzene rings is 1. The Morgan fingerprint density at radius 3 is 2.12 bits per heavy atom. The number of fused-ring (bicyclic) bond motifs is 1. The van der Waals surface area contributed by atoms with E-state index in [9.17, 15) is 0 Å². The van der Waals surface area contributed by atoms with E-state index in [-0.39, 0.29) is 24.8 Å². The largest absolute Gasteiger partial charge is 0.147 e. The van der Waals surface area contributed by atoms with Gasteiger partial charge in [0.25, 0.3) is 0 Å². The van der Waals surface area contributed by atoms with Crippen LogP contribution in [-0.4, -0.2) is 8.19 Å². The Bertz CT molecular complexity index is 939. The molecule has 0 fully saturated rings. The van der Waals surface area contributed by atoms with Crippen molar-refractivity contribution in [2.24, 2.45) is 0 Å². The fourth-order valence-electron chi connectivity index (χ4n) is 3.88. The van der Waals surface area contributed by atoms with Crippen molar-refractivity contribution in [2.45, 2.75) is 38.8 Å². The van der Waals surface area contributed by atoms with Crippen molar-refractivity contribution in [2.75, 3.05) is 0 Å². The predicted molar refractivity (Wildman–Crippen MR) is 114 cm³/mol. The molecule has 0 aliphatic heterocycles. The minimum atomic E-state index is -4.42. The zero-order valence-corrected chi connectivity index (χ0v) is 19.7. The van der Waals surface area contributed by atoms with Crippen LogP contribution in [0.5, 0.6) is 0 Å². The summed E-state index contributed by atoms with van der Waals surface area (Å²) in [6, 6.07) is 11.0. The first-order valence-corrected chi connectivity index (χ1v) is 21.9. The Balaban J connectivity index is 0.00000144. The van der Waals surface area contributed by atoms with Crippen molar-refractivity contribution in [3.05, 3.63) is 51.8 Å². The molecule has 1 heterocycles. The normalized spacial score (nSPS) is 18.4. The first-order chi connectivity index (χ1) is 9.92. The Hall–Kier alpha value is -0.427. The van der Waals surface area contributed by atoms with Gasteiger partial charge in [-0.2, -0.15) is 0 Å². The van der Waals surface area contributed by atoms with Gasteiger partial charge in [0.1, 0.15) is 0 Å². The average molecular weight is 448 g/mol. The SMILES string of the molecule is C[C](C)=[Zr]([CH3])([CH3])([CH3])([CH3])([C]1=CC=CC1)[c]1cc2ccccc2[nH]1.Cl.Cl. The molecule has 0 saturated carbocycles. The minimum Gasteiger partial charge on any atom is -0.147 e. The van der Waals surface area contributed by atoms with Gasteiger partial charge < -0.3 is 0 Å². The number of H-pyrrole nitrogens is 1. The van der Waals surface area contributed by atoms with E-state index in [1.165, 1.54) is 14.3 Å². The van der Waals surface area contributed by atoms with Crippen LogP contribution < -0.4 is 3.40 Å². The molecule has 0 radical (unpaired) electrons. The van der Waals surface area contributed by atoms with Gasteiger partial charge in [0, 0.05) is 0 Å². The van der Waals surface area contributed by atoms with Crippen molar-refractivity contribution in [1.82, 2.24) is 4.98 Å². The Morgan fingerprint density at radius 1 is 1.00 bits per heavy atom. The smallest absolute Gasteiger partial charge is 0.147 e. The molecule has 1 aliphatic rings. The Kier molecular flexibility index (Phi) is 4.56. The summed E-state index contributed by atoms with van der Waals surface area (Å²) in [5.74, 6) is 0. The maximum absolute atomic E-state index is 4.42. The zero-order chi connectivity index (χ0) is 16.3. The molecule has 24 heavy (non-hydrogen) atoms. The van der Waals surface area contributed by atoms with Crippen molar-refractivity contribution < 1.29 is 15.3 Å². The predicted octanol–water partition coefficient (Wildman–Crippen LogP) is 6.65. The van der Waals surface area contributed by atoms with E-state index < -0.39 is 15.3 Å². The molecule has 0 spiro atoms. The zero-order valence-electron chi connectivity index (χ0n) is 15.6. The van der Waals surface area contributed by atoms with Crippen LogP contribution in [0.15, 0.2) is 51.8 Å². The van der Waals surface area contributed by atoms with Crippen LogP contribution in [0.4, 0.5) is 0 Å². The van der Waals surface area contributed by atoms with Crippen LogP contribution in [0.3, 0.4) is 0 Å². The van der Waals surface area contributed by atoms with Crippen LogP contribution in [0, 0.1) is 0 Å². The maximum atomic E-state index is 3.81. The number of para-hydroxylation sites is 1. The third-order valence-corrected chi connectivity index (χ3v) is 36.1. The summed E-state index contributed by atoms with van der Waals surface area (Å²) in [4.78, 5) is 3.81. The van der Waals surface area contributed by atoms with Gasteiger partial charge in [0.2, 0.25) is 0 Å². The number of aromatic amines is 1. The quantitative estimate of drug-likeness (QED) is 0.531. The molecule has 1 N–H and O–H groups in total. The van der Waals surface area contributed by atoms with E-state index in [0.717, 1.165) is 6.42 Å². The molecule has 4 heteroatoms. The summed E-state index contributed by atoms with van der Waals surface area (Å²) in [5.41, 5.74) is 1.24. The van der Waals surface area contributed by atoms with Crippen LogP contribution in [0.1, 0.15) is 20.3 Å². The second kappa shape index (κ2) is 5.06. The van der Waals surface area contributed by atoms with Crippen LogP contribution in [0.2, 0.25) is 18.5 Å². The first-order valence-electron chi connectivity index (χ1n) is 8.37. The van der Waals surface area contributed by atoms with E-state index in [4.69, 9.17) is 0 Å². The van der Waals surface area contributed by atoms with Gasteiger partial charge in [-0.05, 0) is 0 Å². The van der Waals surface area contributed by atoms with Crippen molar-refractivity contribution in [1.29, 1.82) is 0 Å². The van der Waals surface area contributed by atoms with Crippen LogP contribution >= 0.6 is 24.8 Å². The molecule has 3 rings (SSSR count). The molecule has 0 amide bonds. The molecule has 0 atom stereocenters. The average Bonchev–Trinajstić information content (AvgIpc) is 3.09. The molecular weight excluding hydrogens is 416 g/mol. The van der Waals surface area contributed by atoms with Gasteiger partial charge in [-0.3, -0.25) is 0 Å². The number of hydrogen-bond acceptors (Lipinski definition) is 0. The van der Waals surface area contributed by atoms with E-state index in [0.29, 0.717) is 0 Å². The van der Waals surface area contributed by atoms with Gasteiger partial charge in [0.05, 0.1) is 0 Å². The first kappa shape index (κ1) is 21.6. The van der Waals surface area contributed by atoms with Crippen LogP contribution in [0.25, 0.3) is 10.9 Å². The molecule has 1 aliphatic carbocycles. The van der Waals surface area contributed by atoms with Crippen molar-refractivity contribution >= 4 is 42.3 Å². The van der Waals surface area contributed by atoms with Gasteiger partial charge in [-0.25, -0.2) is 0 Å². The topological polar surface area (TPSA) is 15.8 Å². The summed E-state index contributed by atoms with van der Waals surface area (Å²) in [5, 5.41) is 1.31. The number of rotatable bonds is 2. The molecule has 2 aromatic rings. The number of allylic oxidation sites excluding steroid dienone is 4. The second-order valence-corrected chi connectivity index (χ2v) is 47.7. The summed E-state index contributed by atoms with van der Waals surface area (Å²) in [6.07, 6.45) is 7.98. The monoisotopic (exact) mass is 445 g/mol. The van der Waals surface area contributed by atoms with Crippen molar-refractivity contribution in [3.63, 3.8) is 0 Å². The Morgan fingerprint density at radius 2 is 1.62 bits per heavy atom. The maximum Gasteiger partial charge on any atom is -0.147 e. The number of aromatic nitrogens is 1. The van der Waals surface area contributed by atoms with E-state index in [2.05, 4.69) is 85.9 Å². The number of hydrogen-bond donors (Lipinski definition) is 1. The van der Waals surface area contributed by atoms with Crippen molar-refractivity contribution in [3.8, 4) is 0 Å². The number of halogens is 2. The van der Waals surface area contributed by atoms with Gasteiger partial charge in [-0.1, -0.05) is 0 Å². The van der Waals surface area contributed by atoms with Gasteiger partial charge in [0.15, 0.2) is 0 Å². The van der Waals surface area contributed by atoms with Gasteiger partial charge in [-0.15, -0.1) is 24.8 Å². The molecule has 1 aromatic heterocycles. The fourth-order valence-corrected chi connectivity index (χ4v) is 16.7. The van der Waals surface area contributed by atoms with E-state index in [1.54, 1.807) is 6.49 Å². The molecular formula is C20H31Cl2NZr. The minimum absolute atomic E-state index is 0. The molecule has 1 nitrogen and oxygen atoms in total. The standard InChI is InChI=1S/C8H6N.C5H5.C3H6.4CH3.2ClH.Zr/c1-2-4-8-7(3-1)5-6-9-8;1-2-4-5-3-1;1-3-2;;;;;;;/h1-5,9H;1-3H,4H2;1-2H3;4*1H3;2*1H;. The molecule has 134 valence electrons. The van der Waals surface area contributed by atoms with Gasteiger partial charge >= 0.3 is 128 Å².